The molecule has 1 aliphatic rings. The van der Waals surface area contributed by atoms with E-state index in [4.69, 9.17) is 0 Å². The van der Waals surface area contributed by atoms with Gasteiger partial charge in [-0.3, -0.25) is 9.79 Å². The zero-order valence-corrected chi connectivity index (χ0v) is 18.2. The fourth-order valence-corrected chi connectivity index (χ4v) is 4.21. The summed E-state index contributed by atoms with van der Waals surface area (Å²) in [7, 11) is 1.79. The molecule has 0 aliphatic carbocycles. The van der Waals surface area contributed by atoms with Crippen LogP contribution >= 0.6 is 11.3 Å². The van der Waals surface area contributed by atoms with Crippen LogP contribution in [0.25, 0.3) is 0 Å². The Morgan fingerprint density at radius 1 is 1.33 bits per heavy atom. The molecule has 6 nitrogen and oxygen atoms in total. The average molecular weight is 394 g/mol. The SMILES string of the molecule is CCC(CC)C(=O)N1CCC(NC(=NC)NCc2csc(C(C)C)n2)CC1. The number of likely N-dealkylation sites (tertiary alicyclic amines) is 1. The van der Waals surface area contributed by atoms with Crippen molar-refractivity contribution in [3.8, 4) is 0 Å². The second-order valence-electron chi connectivity index (χ2n) is 7.51. The summed E-state index contributed by atoms with van der Waals surface area (Å²) in [4.78, 5) is 23.5. The number of nitrogens with one attached hydrogen (secondary N) is 2. The van der Waals surface area contributed by atoms with E-state index in [0.717, 1.165) is 50.4 Å². The summed E-state index contributed by atoms with van der Waals surface area (Å²) in [6.07, 6.45) is 3.78. The minimum absolute atomic E-state index is 0.179. The van der Waals surface area contributed by atoms with Crippen LogP contribution in [0.4, 0.5) is 0 Å². The molecule has 1 fully saturated rings. The van der Waals surface area contributed by atoms with Gasteiger partial charge < -0.3 is 15.5 Å². The third-order valence-corrected chi connectivity index (χ3v) is 6.40. The van der Waals surface area contributed by atoms with E-state index in [1.54, 1.807) is 18.4 Å². The predicted molar refractivity (Wildman–Crippen MR) is 113 cm³/mol. The molecule has 1 saturated heterocycles. The molecule has 1 aliphatic heterocycles. The highest BCUT2D eigenvalue weighted by Crippen LogP contribution is 2.19. The number of carbonyl (C=O) groups is 1. The van der Waals surface area contributed by atoms with E-state index in [2.05, 4.69) is 53.7 Å². The second kappa shape index (κ2) is 10.6. The molecule has 1 amide bonds. The van der Waals surface area contributed by atoms with E-state index in [9.17, 15) is 4.79 Å². The van der Waals surface area contributed by atoms with Crippen molar-refractivity contribution >= 4 is 23.2 Å². The third kappa shape index (κ3) is 6.19. The molecule has 0 aromatic carbocycles. The van der Waals surface area contributed by atoms with Crippen molar-refractivity contribution in [1.29, 1.82) is 0 Å². The maximum absolute atomic E-state index is 12.5. The predicted octanol–water partition coefficient (Wildman–Crippen LogP) is 3.36. The van der Waals surface area contributed by atoms with Crippen LogP contribution in [-0.4, -0.2) is 47.9 Å². The van der Waals surface area contributed by atoms with Crippen molar-refractivity contribution in [3.63, 3.8) is 0 Å². The third-order valence-electron chi connectivity index (χ3n) is 5.21. The normalized spacial score (nSPS) is 16.3. The second-order valence-corrected chi connectivity index (χ2v) is 8.40. The highest BCUT2D eigenvalue weighted by Gasteiger charge is 2.26. The molecule has 2 rings (SSSR count). The van der Waals surface area contributed by atoms with Crippen LogP contribution in [0.15, 0.2) is 10.4 Å². The van der Waals surface area contributed by atoms with Gasteiger partial charge in [-0.25, -0.2) is 4.98 Å². The standard InChI is InChI=1S/C20H35N5OS/c1-6-15(7-2)19(26)25-10-8-16(9-11-25)24-20(21-5)22-12-17-13-27-18(23-17)14(3)4/h13-16H,6-12H2,1-5H3,(H2,21,22,24). The molecular weight excluding hydrogens is 358 g/mol. The number of amides is 1. The highest BCUT2D eigenvalue weighted by atomic mass is 32.1. The van der Waals surface area contributed by atoms with Gasteiger partial charge in [-0.2, -0.15) is 0 Å². The smallest absolute Gasteiger partial charge is 0.225 e. The molecule has 152 valence electrons. The Bertz CT molecular complexity index is 616. The van der Waals surface area contributed by atoms with Crippen LogP contribution in [0, 0.1) is 5.92 Å². The lowest BCUT2D eigenvalue weighted by molar-refractivity contribution is -0.136. The molecule has 27 heavy (non-hydrogen) atoms. The average Bonchev–Trinajstić information content (AvgIpc) is 3.16. The first-order valence-electron chi connectivity index (χ1n) is 10.2. The van der Waals surface area contributed by atoms with Gasteiger partial charge in [0.25, 0.3) is 0 Å². The van der Waals surface area contributed by atoms with Crippen LogP contribution in [0.1, 0.15) is 70.0 Å². The molecule has 2 N–H and O–H groups in total. The van der Waals surface area contributed by atoms with Gasteiger partial charge in [-0.05, 0) is 25.7 Å². The van der Waals surface area contributed by atoms with Crippen molar-refractivity contribution < 1.29 is 4.79 Å². The number of aliphatic imine (C=N–C) groups is 1. The molecule has 0 bridgehead atoms. The number of thiazole rings is 1. The van der Waals surface area contributed by atoms with E-state index in [1.807, 2.05) is 4.90 Å². The van der Waals surface area contributed by atoms with E-state index in [0.29, 0.717) is 24.4 Å². The van der Waals surface area contributed by atoms with E-state index in [1.165, 1.54) is 5.01 Å². The van der Waals surface area contributed by atoms with Gasteiger partial charge in [-0.1, -0.05) is 27.7 Å². The van der Waals surface area contributed by atoms with Gasteiger partial charge in [0.2, 0.25) is 5.91 Å². The summed E-state index contributed by atoms with van der Waals surface area (Å²) in [6.45, 7) is 10.9. The van der Waals surface area contributed by atoms with Crippen LogP contribution in [0.2, 0.25) is 0 Å². The molecule has 0 atom stereocenters. The number of rotatable bonds is 7. The summed E-state index contributed by atoms with van der Waals surface area (Å²) >= 11 is 1.71. The maximum Gasteiger partial charge on any atom is 0.225 e. The van der Waals surface area contributed by atoms with Gasteiger partial charge in [-0.15, -0.1) is 11.3 Å². The Labute approximate surface area is 167 Å². The monoisotopic (exact) mass is 393 g/mol. The lowest BCUT2D eigenvalue weighted by Gasteiger charge is -2.34. The van der Waals surface area contributed by atoms with Crippen LogP contribution in [0.3, 0.4) is 0 Å². The number of piperidine rings is 1. The first-order chi connectivity index (χ1) is 13.0. The van der Waals surface area contributed by atoms with Gasteiger partial charge in [0.15, 0.2) is 5.96 Å². The summed E-state index contributed by atoms with van der Waals surface area (Å²) in [5.74, 6) is 1.77. The van der Waals surface area contributed by atoms with Crippen molar-refractivity contribution in [2.45, 2.75) is 71.9 Å². The topological polar surface area (TPSA) is 69.6 Å². The molecule has 0 spiro atoms. The highest BCUT2D eigenvalue weighted by molar-refractivity contribution is 7.09. The summed E-state index contributed by atoms with van der Waals surface area (Å²) in [5, 5.41) is 10.1. The summed E-state index contributed by atoms with van der Waals surface area (Å²) in [5.41, 5.74) is 1.05. The fraction of sp³-hybridized carbons (Fsp3) is 0.750. The number of hydrogen-bond acceptors (Lipinski definition) is 4. The number of hydrogen-bond donors (Lipinski definition) is 2. The quantitative estimate of drug-likeness (QED) is 0.550. The molecule has 7 heteroatoms. The molecule has 0 radical (unpaired) electrons. The van der Waals surface area contributed by atoms with Crippen molar-refractivity contribution in [1.82, 2.24) is 20.5 Å². The molecule has 1 aromatic rings. The van der Waals surface area contributed by atoms with Gasteiger partial charge in [0, 0.05) is 43.4 Å². The Morgan fingerprint density at radius 2 is 2.00 bits per heavy atom. The van der Waals surface area contributed by atoms with Gasteiger partial charge >= 0.3 is 0 Å². The molecule has 0 unspecified atom stereocenters. The van der Waals surface area contributed by atoms with Crippen molar-refractivity contribution in [2.24, 2.45) is 10.9 Å². The lowest BCUT2D eigenvalue weighted by Crippen LogP contribution is -2.50. The fourth-order valence-electron chi connectivity index (χ4n) is 3.37. The van der Waals surface area contributed by atoms with E-state index >= 15 is 0 Å². The molecular formula is C20H35N5OS. The number of carbonyl (C=O) groups excluding carboxylic acids is 1. The largest absolute Gasteiger partial charge is 0.354 e. The minimum Gasteiger partial charge on any atom is -0.354 e. The Morgan fingerprint density at radius 3 is 2.52 bits per heavy atom. The lowest BCUT2D eigenvalue weighted by atomic mass is 9.98. The Balaban J connectivity index is 1.78. The Kier molecular flexibility index (Phi) is 8.54. The number of nitrogens with zero attached hydrogens (tertiary/aromatic N) is 3. The Hall–Kier alpha value is -1.63. The van der Waals surface area contributed by atoms with Crippen molar-refractivity contribution in [3.05, 3.63) is 16.1 Å². The van der Waals surface area contributed by atoms with Crippen LogP contribution in [-0.2, 0) is 11.3 Å². The number of aromatic nitrogens is 1. The zero-order chi connectivity index (χ0) is 19.8. The van der Waals surface area contributed by atoms with E-state index in [-0.39, 0.29) is 5.92 Å². The van der Waals surface area contributed by atoms with Crippen LogP contribution in [0.5, 0.6) is 0 Å². The zero-order valence-electron chi connectivity index (χ0n) is 17.4. The first-order valence-corrected chi connectivity index (χ1v) is 11.1. The maximum atomic E-state index is 12.5. The first kappa shape index (κ1) is 21.7. The van der Waals surface area contributed by atoms with E-state index < -0.39 is 0 Å². The van der Waals surface area contributed by atoms with Crippen LogP contribution < -0.4 is 10.6 Å². The minimum atomic E-state index is 0.179. The molecule has 0 saturated carbocycles. The number of guanidine groups is 1. The van der Waals surface area contributed by atoms with Gasteiger partial charge in [0.1, 0.15) is 0 Å². The summed E-state index contributed by atoms with van der Waals surface area (Å²) < 4.78 is 0. The molecule has 1 aromatic heterocycles. The van der Waals surface area contributed by atoms with Crippen molar-refractivity contribution in [2.75, 3.05) is 20.1 Å². The van der Waals surface area contributed by atoms with Gasteiger partial charge in [0.05, 0.1) is 17.2 Å². The summed E-state index contributed by atoms with van der Waals surface area (Å²) in [6, 6.07) is 0.351. The molecule has 2 heterocycles.